The van der Waals surface area contributed by atoms with E-state index in [4.69, 9.17) is 14.6 Å². The zero-order chi connectivity index (χ0) is 8.74. The molecule has 0 amide bonds. The van der Waals surface area contributed by atoms with Crippen LogP contribution in [0.1, 0.15) is 20.3 Å². The molecule has 0 bridgehead atoms. The van der Waals surface area contributed by atoms with Gasteiger partial charge in [0.1, 0.15) is 0 Å². The third kappa shape index (κ3) is 3.33. The SMILES string of the molecule is CCC[Si](CC)(OC)OCN. The van der Waals surface area contributed by atoms with Gasteiger partial charge in [0.2, 0.25) is 0 Å². The lowest BCUT2D eigenvalue weighted by Crippen LogP contribution is -2.41. The first-order chi connectivity index (χ1) is 5.24. The Bertz CT molecular complexity index is 88.4. The topological polar surface area (TPSA) is 44.5 Å². The molecule has 0 aliphatic carbocycles. The largest absolute Gasteiger partial charge is 0.398 e. The first kappa shape index (κ1) is 11.1. The molecule has 0 spiro atoms. The molecule has 0 aromatic heterocycles. The molecule has 1 unspecified atom stereocenters. The van der Waals surface area contributed by atoms with Crippen LogP contribution in [0.15, 0.2) is 0 Å². The first-order valence-electron chi connectivity index (χ1n) is 4.13. The highest BCUT2D eigenvalue weighted by Gasteiger charge is 2.32. The Hall–Kier alpha value is 0.0969. The summed E-state index contributed by atoms with van der Waals surface area (Å²) in [5, 5.41) is 0. The predicted molar refractivity (Wildman–Crippen MR) is 48.5 cm³/mol. The van der Waals surface area contributed by atoms with Gasteiger partial charge in [-0.1, -0.05) is 20.3 Å². The van der Waals surface area contributed by atoms with Gasteiger partial charge in [0, 0.05) is 7.11 Å². The molecule has 0 saturated carbocycles. The third-order valence-corrected chi connectivity index (χ3v) is 5.66. The summed E-state index contributed by atoms with van der Waals surface area (Å²) in [6.45, 7) is 4.52. The van der Waals surface area contributed by atoms with Crippen molar-refractivity contribution in [2.45, 2.75) is 32.4 Å². The fourth-order valence-electron chi connectivity index (χ4n) is 1.19. The summed E-state index contributed by atoms with van der Waals surface area (Å²) < 4.78 is 10.9. The van der Waals surface area contributed by atoms with Gasteiger partial charge < -0.3 is 14.6 Å². The number of rotatable bonds is 6. The van der Waals surface area contributed by atoms with Crippen LogP contribution in [0, 0.1) is 0 Å². The zero-order valence-corrected chi connectivity index (χ0v) is 8.72. The highest BCUT2D eigenvalue weighted by atomic mass is 28.4. The third-order valence-electron chi connectivity index (χ3n) is 1.89. The maximum absolute atomic E-state index is 5.46. The molecular weight excluding hydrogens is 158 g/mol. The van der Waals surface area contributed by atoms with Gasteiger partial charge in [-0.15, -0.1) is 0 Å². The number of nitrogens with two attached hydrogens (primary N) is 1. The van der Waals surface area contributed by atoms with E-state index in [0.29, 0.717) is 0 Å². The molecule has 0 aromatic rings. The van der Waals surface area contributed by atoms with Gasteiger partial charge in [-0.2, -0.15) is 0 Å². The Balaban J connectivity index is 3.96. The first-order valence-corrected chi connectivity index (χ1v) is 6.37. The monoisotopic (exact) mass is 177 g/mol. The summed E-state index contributed by atoms with van der Waals surface area (Å²) in [7, 11) is -0.145. The summed E-state index contributed by atoms with van der Waals surface area (Å²) in [5.74, 6) is 0. The van der Waals surface area contributed by atoms with Crippen LogP contribution in [-0.4, -0.2) is 22.4 Å². The van der Waals surface area contributed by atoms with E-state index in [9.17, 15) is 0 Å². The number of hydrogen-bond acceptors (Lipinski definition) is 3. The average Bonchev–Trinajstić information content (AvgIpc) is 2.04. The maximum atomic E-state index is 5.46. The molecule has 0 rings (SSSR count). The fraction of sp³-hybridized carbons (Fsp3) is 1.00. The minimum Gasteiger partial charge on any atom is -0.398 e. The van der Waals surface area contributed by atoms with Gasteiger partial charge in [0.15, 0.2) is 0 Å². The quantitative estimate of drug-likeness (QED) is 0.493. The average molecular weight is 177 g/mol. The Kier molecular flexibility index (Phi) is 5.76. The minimum atomic E-state index is -1.87. The van der Waals surface area contributed by atoms with Crippen LogP contribution in [-0.2, 0) is 8.85 Å². The van der Waals surface area contributed by atoms with Crippen molar-refractivity contribution in [1.82, 2.24) is 0 Å². The van der Waals surface area contributed by atoms with Crippen LogP contribution in [0.3, 0.4) is 0 Å². The lowest BCUT2D eigenvalue weighted by atomic mass is 10.6. The van der Waals surface area contributed by atoms with Crippen LogP contribution in [0.4, 0.5) is 0 Å². The standard InChI is InChI=1S/C7H19NO2Si/c1-4-6-11(5-2,9-3)10-7-8/h4-8H2,1-3H3. The van der Waals surface area contributed by atoms with E-state index in [1.165, 1.54) is 0 Å². The van der Waals surface area contributed by atoms with Crippen molar-refractivity contribution < 1.29 is 8.85 Å². The lowest BCUT2D eigenvalue weighted by Gasteiger charge is -2.26. The van der Waals surface area contributed by atoms with Gasteiger partial charge in [-0.05, 0) is 12.1 Å². The summed E-state index contributed by atoms with van der Waals surface area (Å²) >= 11 is 0. The molecule has 0 radical (unpaired) electrons. The Labute approximate surface area is 70.1 Å². The molecule has 0 saturated heterocycles. The smallest absolute Gasteiger partial charge is 0.338 e. The molecular formula is C7H19NO2Si. The van der Waals surface area contributed by atoms with Crippen LogP contribution >= 0.6 is 0 Å². The molecule has 11 heavy (non-hydrogen) atoms. The lowest BCUT2D eigenvalue weighted by molar-refractivity contribution is 0.204. The number of hydrogen-bond donors (Lipinski definition) is 1. The molecule has 1 atom stereocenters. The molecule has 0 aliphatic rings. The molecule has 2 N–H and O–H groups in total. The van der Waals surface area contributed by atoms with E-state index >= 15 is 0 Å². The van der Waals surface area contributed by atoms with E-state index < -0.39 is 8.56 Å². The van der Waals surface area contributed by atoms with Crippen molar-refractivity contribution in [3.8, 4) is 0 Å². The van der Waals surface area contributed by atoms with E-state index in [2.05, 4.69) is 13.8 Å². The molecule has 0 aromatic carbocycles. The van der Waals surface area contributed by atoms with Gasteiger partial charge in [-0.3, -0.25) is 0 Å². The predicted octanol–water partition coefficient (Wildman–Crippen LogP) is 1.44. The second-order valence-electron chi connectivity index (χ2n) is 2.53. The summed E-state index contributed by atoms with van der Waals surface area (Å²) in [6.07, 6.45) is 1.11. The van der Waals surface area contributed by atoms with Gasteiger partial charge in [0.05, 0.1) is 6.73 Å². The van der Waals surface area contributed by atoms with Gasteiger partial charge in [0.25, 0.3) is 0 Å². The highest BCUT2D eigenvalue weighted by Crippen LogP contribution is 2.18. The van der Waals surface area contributed by atoms with E-state index in [0.717, 1.165) is 18.5 Å². The zero-order valence-electron chi connectivity index (χ0n) is 7.72. The van der Waals surface area contributed by atoms with Crippen LogP contribution < -0.4 is 5.73 Å². The normalized spacial score (nSPS) is 16.4. The van der Waals surface area contributed by atoms with Crippen molar-refractivity contribution >= 4 is 8.56 Å². The van der Waals surface area contributed by atoms with Crippen molar-refractivity contribution in [3.63, 3.8) is 0 Å². The van der Waals surface area contributed by atoms with Crippen molar-refractivity contribution in [2.24, 2.45) is 5.73 Å². The molecule has 68 valence electrons. The van der Waals surface area contributed by atoms with Crippen molar-refractivity contribution in [2.75, 3.05) is 13.8 Å². The van der Waals surface area contributed by atoms with E-state index in [-0.39, 0.29) is 6.73 Å². The van der Waals surface area contributed by atoms with Crippen molar-refractivity contribution in [1.29, 1.82) is 0 Å². The molecule has 0 heterocycles. The summed E-state index contributed by atoms with van der Waals surface area (Å²) in [6, 6.07) is 2.02. The maximum Gasteiger partial charge on any atom is 0.338 e. The molecule has 0 aliphatic heterocycles. The van der Waals surface area contributed by atoms with Crippen LogP contribution in [0.5, 0.6) is 0 Å². The van der Waals surface area contributed by atoms with Gasteiger partial charge in [-0.25, -0.2) is 0 Å². The summed E-state index contributed by atoms with van der Waals surface area (Å²) in [5.41, 5.74) is 5.33. The highest BCUT2D eigenvalue weighted by molar-refractivity contribution is 6.67. The van der Waals surface area contributed by atoms with E-state index in [1.807, 2.05) is 0 Å². The van der Waals surface area contributed by atoms with Crippen LogP contribution in [0.2, 0.25) is 12.1 Å². The minimum absolute atomic E-state index is 0.286. The van der Waals surface area contributed by atoms with Crippen molar-refractivity contribution in [3.05, 3.63) is 0 Å². The molecule has 0 fully saturated rings. The van der Waals surface area contributed by atoms with E-state index in [1.54, 1.807) is 7.11 Å². The molecule has 4 heteroatoms. The Morgan fingerprint density at radius 3 is 2.27 bits per heavy atom. The molecule has 3 nitrogen and oxygen atoms in total. The second-order valence-corrected chi connectivity index (χ2v) is 6.25. The fourth-order valence-corrected chi connectivity index (χ4v) is 3.57. The van der Waals surface area contributed by atoms with Crippen LogP contribution in [0.25, 0.3) is 0 Å². The summed E-state index contributed by atoms with van der Waals surface area (Å²) in [4.78, 5) is 0. The Morgan fingerprint density at radius 2 is 2.00 bits per heavy atom. The van der Waals surface area contributed by atoms with Gasteiger partial charge >= 0.3 is 8.56 Å². The Morgan fingerprint density at radius 1 is 1.36 bits per heavy atom. The second kappa shape index (κ2) is 5.71.